The van der Waals surface area contributed by atoms with Crippen molar-refractivity contribution in [3.63, 3.8) is 0 Å². The molecule has 1 N–H and O–H groups in total. The van der Waals surface area contributed by atoms with Crippen LogP contribution >= 0.6 is 34.4 Å². The summed E-state index contributed by atoms with van der Waals surface area (Å²) in [5.41, 5.74) is 1.88. The molecular formula is C18H22N4O2S3. The van der Waals surface area contributed by atoms with Gasteiger partial charge >= 0.3 is 0 Å². The van der Waals surface area contributed by atoms with Crippen LogP contribution < -0.4 is 10.9 Å². The Balaban J connectivity index is 1.85. The second-order valence-electron chi connectivity index (χ2n) is 6.30. The zero-order valence-electron chi connectivity index (χ0n) is 15.8. The fraction of sp³-hybridized carbons (Fsp3) is 0.444. The molecule has 0 fully saturated rings. The first-order valence-electron chi connectivity index (χ1n) is 8.76. The SMILES string of the molecule is CCCCn1c(SCC(=O)Nc2nc(C)cs2)nc2sc(C)c(C)c2c1=O. The lowest BCUT2D eigenvalue weighted by atomic mass is 10.2. The summed E-state index contributed by atoms with van der Waals surface area (Å²) < 4.78 is 1.72. The van der Waals surface area contributed by atoms with Gasteiger partial charge < -0.3 is 5.32 Å². The number of nitrogens with one attached hydrogen (secondary N) is 1. The van der Waals surface area contributed by atoms with Gasteiger partial charge in [-0.1, -0.05) is 25.1 Å². The minimum Gasteiger partial charge on any atom is -0.301 e. The number of thiophene rings is 1. The Hall–Kier alpha value is -1.71. The largest absolute Gasteiger partial charge is 0.301 e. The van der Waals surface area contributed by atoms with Crippen LogP contribution in [0.1, 0.15) is 35.9 Å². The molecule has 3 aromatic heterocycles. The molecule has 0 atom stereocenters. The van der Waals surface area contributed by atoms with Crippen molar-refractivity contribution in [3.8, 4) is 0 Å². The fourth-order valence-electron chi connectivity index (χ4n) is 2.63. The molecule has 27 heavy (non-hydrogen) atoms. The number of thioether (sulfide) groups is 1. The highest BCUT2D eigenvalue weighted by Crippen LogP contribution is 2.28. The number of nitrogens with zero attached hydrogens (tertiary/aromatic N) is 3. The lowest BCUT2D eigenvalue weighted by molar-refractivity contribution is -0.113. The smallest absolute Gasteiger partial charge is 0.263 e. The van der Waals surface area contributed by atoms with Gasteiger partial charge in [-0.3, -0.25) is 14.2 Å². The number of hydrogen-bond donors (Lipinski definition) is 1. The molecule has 144 valence electrons. The van der Waals surface area contributed by atoms with Crippen molar-refractivity contribution in [1.29, 1.82) is 0 Å². The third-order valence-electron chi connectivity index (χ3n) is 4.19. The molecule has 1 amide bonds. The average Bonchev–Trinajstić information content (AvgIpc) is 3.15. The molecule has 3 rings (SSSR count). The average molecular weight is 423 g/mol. The minimum atomic E-state index is -0.149. The maximum atomic E-state index is 13.0. The number of rotatable bonds is 7. The Morgan fingerprint density at radius 2 is 2.07 bits per heavy atom. The molecule has 0 saturated heterocycles. The van der Waals surface area contributed by atoms with E-state index >= 15 is 0 Å². The van der Waals surface area contributed by atoms with Crippen molar-refractivity contribution in [2.75, 3.05) is 11.1 Å². The van der Waals surface area contributed by atoms with Crippen LogP contribution in [0.5, 0.6) is 0 Å². The molecule has 0 bridgehead atoms. The Morgan fingerprint density at radius 3 is 2.74 bits per heavy atom. The van der Waals surface area contributed by atoms with E-state index in [1.54, 1.807) is 4.57 Å². The van der Waals surface area contributed by atoms with Crippen LogP contribution in [-0.4, -0.2) is 26.2 Å². The number of fused-ring (bicyclic) bond motifs is 1. The van der Waals surface area contributed by atoms with Crippen LogP contribution in [0.15, 0.2) is 15.3 Å². The normalized spacial score (nSPS) is 11.3. The quantitative estimate of drug-likeness (QED) is 0.452. The molecule has 0 aromatic carbocycles. The monoisotopic (exact) mass is 422 g/mol. The molecule has 0 spiro atoms. The third kappa shape index (κ3) is 4.41. The van der Waals surface area contributed by atoms with E-state index in [1.165, 1.54) is 34.4 Å². The number of carbonyl (C=O) groups is 1. The first-order chi connectivity index (χ1) is 12.9. The summed E-state index contributed by atoms with van der Waals surface area (Å²) in [5.74, 6) is 0.0377. The Labute approximate surface area is 170 Å². The summed E-state index contributed by atoms with van der Waals surface area (Å²) in [5, 5.41) is 6.59. The van der Waals surface area contributed by atoms with Gasteiger partial charge in [-0.25, -0.2) is 9.97 Å². The van der Waals surface area contributed by atoms with E-state index in [0.29, 0.717) is 22.2 Å². The zero-order chi connectivity index (χ0) is 19.6. The third-order valence-corrected chi connectivity index (χ3v) is 7.14. The molecule has 0 unspecified atom stereocenters. The first-order valence-corrected chi connectivity index (χ1v) is 11.4. The number of amides is 1. The molecular weight excluding hydrogens is 400 g/mol. The summed E-state index contributed by atoms with van der Waals surface area (Å²) in [6, 6.07) is 0. The standard InChI is InChI=1S/C18H22N4O2S3/c1-5-6-7-22-16(24)14-11(3)12(4)27-15(14)21-18(22)26-9-13(23)20-17-19-10(2)8-25-17/h8H,5-7,9H2,1-4H3,(H,19,20,23). The van der Waals surface area contributed by atoms with Crippen molar-refractivity contribution in [1.82, 2.24) is 14.5 Å². The van der Waals surface area contributed by atoms with E-state index in [2.05, 4.69) is 17.2 Å². The predicted octanol–water partition coefficient (Wildman–Crippen LogP) is 4.37. The number of aryl methyl sites for hydroxylation is 3. The van der Waals surface area contributed by atoms with E-state index in [-0.39, 0.29) is 17.2 Å². The maximum Gasteiger partial charge on any atom is 0.263 e. The summed E-state index contributed by atoms with van der Waals surface area (Å²) in [6.45, 7) is 8.57. The van der Waals surface area contributed by atoms with Gasteiger partial charge in [-0.05, 0) is 32.8 Å². The molecule has 9 heteroatoms. The highest BCUT2D eigenvalue weighted by Gasteiger charge is 2.17. The van der Waals surface area contributed by atoms with Crippen LogP contribution in [0.3, 0.4) is 0 Å². The summed E-state index contributed by atoms with van der Waals surface area (Å²) in [6.07, 6.45) is 1.88. The van der Waals surface area contributed by atoms with Crippen molar-refractivity contribution in [2.24, 2.45) is 0 Å². The molecule has 0 saturated carbocycles. The zero-order valence-corrected chi connectivity index (χ0v) is 18.2. The van der Waals surface area contributed by atoms with Crippen molar-refractivity contribution in [3.05, 3.63) is 31.9 Å². The lowest BCUT2D eigenvalue weighted by Gasteiger charge is -2.11. The Kier molecular flexibility index (Phi) is 6.33. The molecule has 6 nitrogen and oxygen atoms in total. The van der Waals surface area contributed by atoms with Gasteiger partial charge in [-0.2, -0.15) is 0 Å². The molecule has 0 aliphatic carbocycles. The van der Waals surface area contributed by atoms with Crippen molar-refractivity contribution >= 4 is 55.7 Å². The fourth-order valence-corrected chi connectivity index (χ4v) is 5.23. The number of unbranched alkanes of at least 4 members (excludes halogenated alkanes) is 1. The van der Waals surface area contributed by atoms with Gasteiger partial charge in [0.2, 0.25) is 5.91 Å². The number of thiazole rings is 1. The molecule has 3 aromatic rings. The number of carbonyl (C=O) groups excluding carboxylic acids is 1. The van der Waals surface area contributed by atoms with E-state index in [4.69, 9.17) is 4.98 Å². The van der Waals surface area contributed by atoms with Gasteiger partial charge in [0.25, 0.3) is 5.56 Å². The van der Waals surface area contributed by atoms with E-state index < -0.39 is 0 Å². The first kappa shape index (κ1) is 20.0. The number of hydrogen-bond acceptors (Lipinski definition) is 7. The van der Waals surface area contributed by atoms with Crippen LogP contribution in [0, 0.1) is 20.8 Å². The maximum absolute atomic E-state index is 13.0. The van der Waals surface area contributed by atoms with E-state index in [0.717, 1.165) is 33.8 Å². The predicted molar refractivity (Wildman–Crippen MR) is 114 cm³/mol. The minimum absolute atomic E-state index is 0.00578. The van der Waals surface area contributed by atoms with Crippen molar-refractivity contribution < 1.29 is 4.79 Å². The van der Waals surface area contributed by atoms with Gasteiger partial charge in [0.1, 0.15) is 4.83 Å². The Morgan fingerprint density at radius 1 is 1.30 bits per heavy atom. The van der Waals surface area contributed by atoms with Crippen molar-refractivity contribution in [2.45, 2.75) is 52.2 Å². The van der Waals surface area contributed by atoms with Gasteiger partial charge in [-0.15, -0.1) is 22.7 Å². The second kappa shape index (κ2) is 8.53. The van der Waals surface area contributed by atoms with Crippen LogP contribution in [0.4, 0.5) is 5.13 Å². The molecule has 0 radical (unpaired) electrons. The van der Waals surface area contributed by atoms with Crippen LogP contribution in [0.25, 0.3) is 10.2 Å². The van der Waals surface area contributed by atoms with Crippen LogP contribution in [-0.2, 0) is 11.3 Å². The summed E-state index contributed by atoms with van der Waals surface area (Å²) >= 11 is 4.23. The summed E-state index contributed by atoms with van der Waals surface area (Å²) in [4.78, 5) is 36.1. The lowest BCUT2D eigenvalue weighted by Crippen LogP contribution is -2.24. The van der Waals surface area contributed by atoms with Gasteiger partial charge in [0.05, 0.1) is 16.8 Å². The molecule has 0 aliphatic rings. The van der Waals surface area contributed by atoms with Crippen LogP contribution in [0.2, 0.25) is 0 Å². The second-order valence-corrected chi connectivity index (χ2v) is 9.30. The highest BCUT2D eigenvalue weighted by atomic mass is 32.2. The van der Waals surface area contributed by atoms with E-state index in [1.807, 2.05) is 26.2 Å². The Bertz CT molecular complexity index is 1040. The number of aromatic nitrogens is 3. The molecule has 3 heterocycles. The summed E-state index contributed by atoms with van der Waals surface area (Å²) in [7, 11) is 0. The highest BCUT2D eigenvalue weighted by molar-refractivity contribution is 7.99. The topological polar surface area (TPSA) is 76.9 Å². The van der Waals surface area contributed by atoms with Gasteiger partial charge in [0.15, 0.2) is 10.3 Å². The van der Waals surface area contributed by atoms with Gasteiger partial charge in [0, 0.05) is 16.8 Å². The van der Waals surface area contributed by atoms with E-state index in [9.17, 15) is 9.59 Å². The number of anilines is 1. The molecule has 0 aliphatic heterocycles.